The topological polar surface area (TPSA) is 25.8 Å². The van der Waals surface area contributed by atoms with Crippen LogP contribution in [0.5, 0.6) is 0 Å². The van der Waals surface area contributed by atoms with E-state index in [-0.39, 0.29) is 11.7 Å². The second kappa shape index (κ2) is 5.97. The van der Waals surface area contributed by atoms with Crippen LogP contribution in [-0.4, -0.2) is 9.97 Å². The lowest BCUT2D eigenvalue weighted by Crippen LogP contribution is -2.04. The molecule has 0 fully saturated rings. The Morgan fingerprint density at radius 2 is 1.84 bits per heavy atom. The second-order valence-corrected chi connectivity index (χ2v) is 5.74. The Kier molecular flexibility index (Phi) is 4.53. The molecule has 0 saturated heterocycles. The highest BCUT2D eigenvalue weighted by Crippen LogP contribution is 2.28. The molecule has 100 valence electrons. The average molecular weight is 344 g/mol. The molecule has 2 rings (SSSR count). The lowest BCUT2D eigenvalue weighted by Gasteiger charge is -2.10. The van der Waals surface area contributed by atoms with Gasteiger partial charge in [0.15, 0.2) is 0 Å². The van der Waals surface area contributed by atoms with E-state index in [1.807, 2.05) is 13.8 Å². The van der Waals surface area contributed by atoms with Crippen LogP contribution in [0.25, 0.3) is 0 Å². The monoisotopic (exact) mass is 342 g/mol. The molecule has 1 aromatic heterocycles. The highest BCUT2D eigenvalue weighted by Gasteiger charge is 2.13. The molecule has 2 nitrogen and oxygen atoms in total. The third-order valence-corrected chi connectivity index (χ3v) is 3.99. The van der Waals surface area contributed by atoms with E-state index >= 15 is 0 Å². The molecule has 1 heterocycles. The maximum Gasteiger partial charge on any atom is 0.147 e. The van der Waals surface area contributed by atoms with Crippen LogP contribution in [0.4, 0.5) is 4.39 Å². The van der Waals surface area contributed by atoms with Crippen LogP contribution >= 0.6 is 27.5 Å². The average Bonchev–Trinajstić information content (AvgIpc) is 2.36. The number of halogens is 3. The third-order valence-electron chi connectivity index (χ3n) is 2.71. The van der Waals surface area contributed by atoms with Gasteiger partial charge in [0.25, 0.3) is 0 Å². The van der Waals surface area contributed by atoms with Gasteiger partial charge in [-0.15, -0.1) is 0 Å². The molecular weight excluding hydrogens is 331 g/mol. The van der Waals surface area contributed by atoms with E-state index < -0.39 is 0 Å². The van der Waals surface area contributed by atoms with Crippen LogP contribution in [0.2, 0.25) is 5.15 Å². The summed E-state index contributed by atoms with van der Waals surface area (Å²) in [5.74, 6) is 0.645. The molecule has 0 spiro atoms. The summed E-state index contributed by atoms with van der Waals surface area (Å²) in [4.78, 5) is 8.76. The quantitative estimate of drug-likeness (QED) is 0.752. The van der Waals surface area contributed by atoms with Gasteiger partial charge in [-0.2, -0.15) is 0 Å². The minimum Gasteiger partial charge on any atom is -0.236 e. The number of hydrogen-bond donors (Lipinski definition) is 0. The van der Waals surface area contributed by atoms with Gasteiger partial charge in [0.2, 0.25) is 0 Å². The van der Waals surface area contributed by atoms with E-state index in [2.05, 4.69) is 25.9 Å². The predicted octanol–water partition coefficient (Wildman–Crippen LogP) is 4.75. The third kappa shape index (κ3) is 3.51. The molecule has 5 heteroatoms. The maximum atomic E-state index is 12.9. The molecule has 0 unspecified atom stereocenters. The summed E-state index contributed by atoms with van der Waals surface area (Å²) in [7, 11) is 0. The highest BCUT2D eigenvalue weighted by atomic mass is 79.9. The van der Waals surface area contributed by atoms with Crippen molar-refractivity contribution in [2.75, 3.05) is 0 Å². The normalized spacial score (nSPS) is 11.1. The minimum atomic E-state index is -0.249. The minimum absolute atomic E-state index is 0.249. The zero-order valence-corrected chi connectivity index (χ0v) is 13.0. The van der Waals surface area contributed by atoms with E-state index in [1.54, 1.807) is 12.1 Å². The van der Waals surface area contributed by atoms with E-state index in [9.17, 15) is 4.39 Å². The van der Waals surface area contributed by atoms with Gasteiger partial charge in [-0.1, -0.05) is 37.6 Å². The van der Waals surface area contributed by atoms with Gasteiger partial charge in [-0.05, 0) is 39.5 Å². The summed E-state index contributed by atoms with van der Waals surface area (Å²) in [6.45, 7) is 4.09. The first kappa shape index (κ1) is 14.4. The Hall–Kier alpha value is -1.00. The number of benzene rings is 1. The Balaban J connectivity index is 2.33. The smallest absolute Gasteiger partial charge is 0.147 e. The SMILES string of the molecule is CC(C)c1nc(Cc2ccc(F)cc2)nc(Cl)c1Br. The molecule has 19 heavy (non-hydrogen) atoms. The largest absolute Gasteiger partial charge is 0.236 e. The predicted molar refractivity (Wildman–Crippen MR) is 78.0 cm³/mol. The Bertz CT molecular complexity index is 585. The summed E-state index contributed by atoms with van der Waals surface area (Å²) in [6.07, 6.45) is 0.535. The molecule has 0 aliphatic heterocycles. The van der Waals surface area contributed by atoms with Crippen LogP contribution in [-0.2, 0) is 6.42 Å². The molecule has 0 aliphatic carbocycles. The van der Waals surface area contributed by atoms with Crippen molar-refractivity contribution in [3.8, 4) is 0 Å². The molecule has 2 aromatic rings. The molecule has 0 aliphatic rings. The number of rotatable bonds is 3. The standard InChI is InChI=1S/C14H13BrClFN2/c1-8(2)13-12(15)14(16)19-11(18-13)7-9-3-5-10(17)6-4-9/h3-6,8H,7H2,1-2H3. The summed E-state index contributed by atoms with van der Waals surface area (Å²) < 4.78 is 13.6. The van der Waals surface area contributed by atoms with Gasteiger partial charge in [0, 0.05) is 6.42 Å². The van der Waals surface area contributed by atoms with Crippen molar-refractivity contribution < 1.29 is 4.39 Å². The van der Waals surface area contributed by atoms with E-state index in [1.165, 1.54) is 12.1 Å². The van der Waals surface area contributed by atoms with Gasteiger partial charge >= 0.3 is 0 Å². The molecule has 0 N–H and O–H groups in total. The van der Waals surface area contributed by atoms with Gasteiger partial charge in [-0.25, -0.2) is 14.4 Å². The van der Waals surface area contributed by atoms with Crippen molar-refractivity contribution in [1.82, 2.24) is 9.97 Å². The van der Waals surface area contributed by atoms with E-state index in [0.717, 1.165) is 15.7 Å². The Labute approximate surface area is 125 Å². The van der Waals surface area contributed by atoms with Gasteiger partial charge < -0.3 is 0 Å². The summed E-state index contributed by atoms with van der Waals surface area (Å²) in [6, 6.07) is 6.31. The van der Waals surface area contributed by atoms with Crippen molar-refractivity contribution in [3.63, 3.8) is 0 Å². The Morgan fingerprint density at radius 1 is 1.21 bits per heavy atom. The number of hydrogen-bond acceptors (Lipinski definition) is 2. The van der Waals surface area contributed by atoms with Crippen molar-refractivity contribution >= 4 is 27.5 Å². The van der Waals surface area contributed by atoms with Crippen LogP contribution in [0.1, 0.15) is 36.8 Å². The fourth-order valence-electron chi connectivity index (χ4n) is 1.73. The maximum absolute atomic E-state index is 12.9. The van der Waals surface area contributed by atoms with E-state index in [0.29, 0.717) is 17.4 Å². The summed E-state index contributed by atoms with van der Waals surface area (Å²) in [5, 5.41) is 0.413. The number of aromatic nitrogens is 2. The molecule has 1 aromatic carbocycles. The van der Waals surface area contributed by atoms with Crippen LogP contribution < -0.4 is 0 Å². The molecule has 0 radical (unpaired) electrons. The fraction of sp³-hybridized carbons (Fsp3) is 0.286. The first-order valence-electron chi connectivity index (χ1n) is 5.93. The van der Waals surface area contributed by atoms with Crippen molar-refractivity contribution in [2.24, 2.45) is 0 Å². The number of nitrogens with zero attached hydrogens (tertiary/aromatic N) is 2. The second-order valence-electron chi connectivity index (χ2n) is 4.59. The van der Waals surface area contributed by atoms with Crippen LogP contribution in [0.3, 0.4) is 0 Å². The lowest BCUT2D eigenvalue weighted by atomic mass is 10.1. The lowest BCUT2D eigenvalue weighted by molar-refractivity contribution is 0.627. The molecular formula is C14H13BrClFN2. The van der Waals surface area contributed by atoms with Crippen LogP contribution in [0, 0.1) is 5.82 Å². The molecule has 0 bridgehead atoms. The zero-order valence-electron chi connectivity index (χ0n) is 10.6. The van der Waals surface area contributed by atoms with Crippen molar-refractivity contribution in [3.05, 3.63) is 56.8 Å². The molecule has 0 amide bonds. The Morgan fingerprint density at radius 3 is 2.42 bits per heavy atom. The highest BCUT2D eigenvalue weighted by molar-refractivity contribution is 9.10. The van der Waals surface area contributed by atoms with Crippen molar-refractivity contribution in [1.29, 1.82) is 0 Å². The molecule has 0 atom stereocenters. The van der Waals surface area contributed by atoms with Crippen molar-refractivity contribution in [2.45, 2.75) is 26.2 Å². The van der Waals surface area contributed by atoms with Gasteiger partial charge in [0.1, 0.15) is 16.8 Å². The zero-order chi connectivity index (χ0) is 14.0. The van der Waals surface area contributed by atoms with Crippen LogP contribution in [0.15, 0.2) is 28.7 Å². The van der Waals surface area contributed by atoms with E-state index in [4.69, 9.17) is 11.6 Å². The summed E-state index contributed by atoms with van der Waals surface area (Å²) >= 11 is 9.50. The fourth-order valence-corrected chi connectivity index (χ4v) is 2.56. The first-order valence-corrected chi connectivity index (χ1v) is 7.10. The molecule has 0 saturated carbocycles. The van der Waals surface area contributed by atoms with Gasteiger partial charge in [0.05, 0.1) is 10.2 Å². The summed E-state index contributed by atoms with van der Waals surface area (Å²) in [5.41, 5.74) is 1.84. The first-order chi connectivity index (χ1) is 8.97. The van der Waals surface area contributed by atoms with Gasteiger partial charge in [-0.3, -0.25) is 0 Å².